The fourth-order valence-corrected chi connectivity index (χ4v) is 2.10. The van der Waals surface area contributed by atoms with Gasteiger partial charge in [0.2, 0.25) is 11.2 Å². The summed E-state index contributed by atoms with van der Waals surface area (Å²) >= 11 is 4.96. The molecule has 8 heteroatoms. The first-order valence-corrected chi connectivity index (χ1v) is 6.63. The summed E-state index contributed by atoms with van der Waals surface area (Å²) in [5.41, 5.74) is -3.25. The highest BCUT2D eigenvalue weighted by Gasteiger charge is 2.38. The quantitative estimate of drug-likeness (QED) is 0.828. The second kappa shape index (κ2) is 5.64. The number of pyridine rings is 1. The molecule has 22 heavy (non-hydrogen) atoms. The van der Waals surface area contributed by atoms with Gasteiger partial charge in [-0.05, 0) is 23.6 Å². The van der Waals surface area contributed by atoms with Crippen molar-refractivity contribution < 1.29 is 22.7 Å². The number of rotatable bonds is 2. The van der Waals surface area contributed by atoms with E-state index in [9.17, 15) is 22.8 Å². The molecule has 0 aliphatic heterocycles. The van der Waals surface area contributed by atoms with Crippen LogP contribution in [0, 0.1) is 0 Å². The summed E-state index contributed by atoms with van der Waals surface area (Å²) in [6.45, 7) is 3.75. The number of carbonyl (C=O) groups excluding carboxylic acids is 1. The van der Waals surface area contributed by atoms with E-state index in [1.807, 2.05) is 13.8 Å². The third-order valence-corrected chi connectivity index (χ3v) is 3.19. The van der Waals surface area contributed by atoms with E-state index in [4.69, 9.17) is 11.6 Å². The molecular formula is C14H11ClF3NO3. The van der Waals surface area contributed by atoms with Crippen molar-refractivity contribution in [2.45, 2.75) is 25.9 Å². The van der Waals surface area contributed by atoms with E-state index in [1.165, 1.54) is 12.1 Å². The van der Waals surface area contributed by atoms with E-state index >= 15 is 0 Å². The lowest BCUT2D eigenvalue weighted by molar-refractivity contribution is -0.141. The van der Waals surface area contributed by atoms with Crippen LogP contribution in [0.2, 0.25) is 0 Å². The average molecular weight is 334 g/mol. The predicted octanol–water partition coefficient (Wildman–Crippen LogP) is 4.41. The summed E-state index contributed by atoms with van der Waals surface area (Å²) in [5, 5.41) is -0.00730. The molecule has 0 atom stereocenters. The van der Waals surface area contributed by atoms with Crippen molar-refractivity contribution in [1.29, 1.82) is 0 Å². The topological polar surface area (TPSA) is 59.2 Å². The minimum absolute atomic E-state index is 0.00361. The summed E-state index contributed by atoms with van der Waals surface area (Å²) in [6, 6.07) is 4.47. The average Bonchev–Trinajstić information content (AvgIpc) is 2.39. The molecule has 0 bridgehead atoms. The van der Waals surface area contributed by atoms with E-state index in [0.29, 0.717) is 0 Å². The first-order chi connectivity index (χ1) is 10.1. The summed E-state index contributed by atoms with van der Waals surface area (Å²) in [7, 11) is 0. The Morgan fingerprint density at radius 1 is 1.32 bits per heavy atom. The molecule has 1 heterocycles. The Morgan fingerprint density at radius 2 is 1.95 bits per heavy atom. The summed E-state index contributed by atoms with van der Waals surface area (Å²) in [5.74, 6) is -1.08. The number of aromatic amines is 1. The van der Waals surface area contributed by atoms with Gasteiger partial charge < -0.3 is 9.72 Å². The molecule has 2 aromatic rings. The van der Waals surface area contributed by atoms with Crippen LogP contribution in [-0.2, 0) is 6.18 Å². The van der Waals surface area contributed by atoms with Crippen molar-refractivity contribution in [2.75, 3.05) is 0 Å². The van der Waals surface area contributed by atoms with E-state index in [1.54, 1.807) is 6.07 Å². The molecule has 1 aromatic carbocycles. The maximum atomic E-state index is 13.0. The first kappa shape index (κ1) is 16.4. The molecule has 0 spiro atoms. The molecule has 4 nitrogen and oxygen atoms in total. The van der Waals surface area contributed by atoms with Crippen molar-refractivity contribution >= 4 is 27.9 Å². The third-order valence-electron chi connectivity index (χ3n) is 3.11. The first-order valence-electron chi connectivity index (χ1n) is 6.25. The van der Waals surface area contributed by atoms with Crippen LogP contribution in [-0.4, -0.2) is 10.4 Å². The molecule has 0 amide bonds. The highest BCUT2D eigenvalue weighted by molar-refractivity contribution is 6.61. The third kappa shape index (κ3) is 3.09. The van der Waals surface area contributed by atoms with E-state index in [-0.39, 0.29) is 16.8 Å². The molecular weight excluding hydrogens is 323 g/mol. The number of aromatic nitrogens is 1. The van der Waals surface area contributed by atoms with E-state index < -0.39 is 28.5 Å². The van der Waals surface area contributed by atoms with Crippen LogP contribution in [0.5, 0.6) is 5.75 Å². The standard InChI is InChI=1S/C14H11ClF3NO3/c1-6(2)7-3-4-9-8(5-7)10(20)11(22-13(15)21)12(19-9)14(16,17)18/h3-6H,1-2H3,(H,19,20). The van der Waals surface area contributed by atoms with E-state index in [2.05, 4.69) is 9.72 Å². The van der Waals surface area contributed by atoms with Crippen molar-refractivity contribution in [1.82, 2.24) is 4.98 Å². The number of H-pyrrole nitrogens is 1. The largest absolute Gasteiger partial charge is 0.435 e. The number of ether oxygens (including phenoxy) is 1. The molecule has 118 valence electrons. The molecule has 2 rings (SSSR count). The Kier molecular flexibility index (Phi) is 4.19. The number of carbonyl (C=O) groups is 1. The van der Waals surface area contributed by atoms with E-state index in [0.717, 1.165) is 5.56 Å². The van der Waals surface area contributed by atoms with Crippen molar-refractivity contribution in [3.8, 4) is 5.75 Å². The molecule has 0 unspecified atom stereocenters. The molecule has 0 saturated carbocycles. The highest BCUT2D eigenvalue weighted by atomic mass is 35.5. The molecule has 0 aliphatic rings. The second-order valence-corrected chi connectivity index (χ2v) is 5.26. The van der Waals surface area contributed by atoms with Crippen LogP contribution < -0.4 is 10.2 Å². The number of alkyl halides is 3. The molecule has 1 N–H and O–H groups in total. The van der Waals surface area contributed by atoms with Gasteiger partial charge in [0.1, 0.15) is 0 Å². The zero-order valence-electron chi connectivity index (χ0n) is 11.5. The summed E-state index contributed by atoms with van der Waals surface area (Å²) < 4.78 is 43.3. The summed E-state index contributed by atoms with van der Waals surface area (Å²) in [4.78, 5) is 25.1. The van der Waals surface area contributed by atoms with Crippen molar-refractivity contribution in [3.63, 3.8) is 0 Å². The lowest BCUT2D eigenvalue weighted by Gasteiger charge is -2.13. The van der Waals surface area contributed by atoms with Gasteiger partial charge in [-0.2, -0.15) is 13.2 Å². The van der Waals surface area contributed by atoms with Gasteiger partial charge in [-0.25, -0.2) is 4.79 Å². The van der Waals surface area contributed by atoms with Crippen LogP contribution >= 0.6 is 11.6 Å². The fraction of sp³-hybridized carbons (Fsp3) is 0.286. The van der Waals surface area contributed by atoms with Crippen molar-refractivity contribution in [2.24, 2.45) is 0 Å². The second-order valence-electron chi connectivity index (χ2n) is 4.96. The highest BCUT2D eigenvalue weighted by Crippen LogP contribution is 2.34. The Morgan fingerprint density at radius 3 is 2.45 bits per heavy atom. The zero-order valence-corrected chi connectivity index (χ0v) is 12.3. The molecule has 0 saturated heterocycles. The number of nitrogens with one attached hydrogen (secondary N) is 1. The van der Waals surface area contributed by atoms with Gasteiger partial charge in [-0.15, -0.1) is 0 Å². The van der Waals surface area contributed by atoms with Gasteiger partial charge in [-0.1, -0.05) is 19.9 Å². The van der Waals surface area contributed by atoms with Gasteiger partial charge in [0.25, 0.3) is 0 Å². The SMILES string of the molecule is CC(C)c1ccc2[nH]c(C(F)(F)F)c(OC(=O)Cl)c(=O)c2c1. The van der Waals surface area contributed by atoms with Crippen LogP contribution in [0.3, 0.4) is 0 Å². The van der Waals surface area contributed by atoms with Gasteiger partial charge in [-0.3, -0.25) is 4.79 Å². The van der Waals surface area contributed by atoms with Crippen LogP contribution in [0.15, 0.2) is 23.0 Å². The lowest BCUT2D eigenvalue weighted by Crippen LogP contribution is -2.20. The molecule has 1 aromatic heterocycles. The fourth-order valence-electron chi connectivity index (χ4n) is 2.02. The van der Waals surface area contributed by atoms with Crippen LogP contribution in [0.4, 0.5) is 18.0 Å². The number of hydrogen-bond donors (Lipinski definition) is 1. The van der Waals surface area contributed by atoms with Crippen molar-refractivity contribution in [3.05, 3.63) is 39.7 Å². The summed E-state index contributed by atoms with van der Waals surface area (Å²) in [6.07, 6.45) is -4.90. The normalized spacial score (nSPS) is 12.0. The Bertz CT molecular complexity index is 796. The minimum atomic E-state index is -4.90. The van der Waals surface area contributed by atoms with Gasteiger partial charge in [0, 0.05) is 22.5 Å². The molecule has 0 aliphatic carbocycles. The van der Waals surface area contributed by atoms with Gasteiger partial charge in [0.15, 0.2) is 5.69 Å². The zero-order chi connectivity index (χ0) is 16.7. The van der Waals surface area contributed by atoms with Crippen LogP contribution in [0.1, 0.15) is 31.0 Å². The molecule has 0 radical (unpaired) electrons. The Hall–Kier alpha value is -2.02. The Balaban J connectivity index is 2.83. The monoisotopic (exact) mass is 333 g/mol. The number of hydrogen-bond acceptors (Lipinski definition) is 3. The Labute approximate surface area is 127 Å². The maximum absolute atomic E-state index is 13.0. The smallest absolute Gasteiger partial charge is 0.408 e. The number of benzene rings is 1. The predicted molar refractivity (Wildman–Crippen MR) is 75.5 cm³/mol. The van der Waals surface area contributed by atoms with Gasteiger partial charge >= 0.3 is 11.6 Å². The number of halogens is 4. The number of fused-ring (bicyclic) bond motifs is 1. The lowest BCUT2D eigenvalue weighted by atomic mass is 10.0. The minimum Gasteiger partial charge on any atom is -0.408 e. The van der Waals surface area contributed by atoms with Crippen LogP contribution in [0.25, 0.3) is 10.9 Å². The molecule has 0 fully saturated rings. The van der Waals surface area contributed by atoms with Gasteiger partial charge in [0.05, 0.1) is 0 Å². The maximum Gasteiger partial charge on any atom is 0.435 e.